The van der Waals surface area contributed by atoms with E-state index in [-0.39, 0.29) is 11.7 Å². The van der Waals surface area contributed by atoms with Gasteiger partial charge in [0.15, 0.2) is 0 Å². The van der Waals surface area contributed by atoms with E-state index in [2.05, 4.69) is 5.32 Å². The smallest absolute Gasteiger partial charge is 0.251 e. The van der Waals surface area contributed by atoms with Crippen molar-refractivity contribution in [3.05, 3.63) is 53.6 Å². The van der Waals surface area contributed by atoms with Gasteiger partial charge in [-0.3, -0.25) is 4.79 Å². The van der Waals surface area contributed by atoms with E-state index in [0.29, 0.717) is 23.5 Å². The molecule has 2 aromatic rings. The van der Waals surface area contributed by atoms with Gasteiger partial charge in [-0.2, -0.15) is 0 Å². The molecule has 0 aliphatic carbocycles. The van der Waals surface area contributed by atoms with E-state index < -0.39 is 0 Å². The molecule has 0 saturated carbocycles. The first-order chi connectivity index (χ1) is 9.60. The Kier molecular flexibility index (Phi) is 4.10. The van der Waals surface area contributed by atoms with Crippen molar-refractivity contribution in [2.45, 2.75) is 6.54 Å². The topological polar surface area (TPSA) is 84.6 Å². The second-order valence-corrected chi connectivity index (χ2v) is 4.30. The van der Waals surface area contributed by atoms with Crippen molar-refractivity contribution in [3.8, 4) is 11.5 Å². The van der Waals surface area contributed by atoms with Gasteiger partial charge in [-0.05, 0) is 42.5 Å². The standard InChI is InChI=1S/C15H16N2O3/c1-20-14-7-4-12(16)8-11(14)9-17-15(19)10-2-5-13(18)6-3-10/h2-8,18H,9,16H2,1H3,(H,17,19). The largest absolute Gasteiger partial charge is 0.508 e. The number of carbonyl (C=O) groups is 1. The normalized spacial score (nSPS) is 10.1. The number of nitrogens with two attached hydrogens (primary N) is 1. The minimum absolute atomic E-state index is 0.124. The Balaban J connectivity index is 2.06. The van der Waals surface area contributed by atoms with Crippen LogP contribution in [0.1, 0.15) is 15.9 Å². The van der Waals surface area contributed by atoms with Crippen molar-refractivity contribution in [2.75, 3.05) is 12.8 Å². The van der Waals surface area contributed by atoms with Crippen LogP contribution in [0.4, 0.5) is 5.69 Å². The van der Waals surface area contributed by atoms with Crippen LogP contribution < -0.4 is 15.8 Å². The van der Waals surface area contributed by atoms with Crippen LogP contribution >= 0.6 is 0 Å². The van der Waals surface area contributed by atoms with Gasteiger partial charge in [0.05, 0.1) is 7.11 Å². The molecule has 0 bridgehead atoms. The van der Waals surface area contributed by atoms with E-state index in [0.717, 1.165) is 5.56 Å². The maximum atomic E-state index is 11.9. The van der Waals surface area contributed by atoms with Crippen LogP contribution in [0.25, 0.3) is 0 Å². The van der Waals surface area contributed by atoms with Gasteiger partial charge < -0.3 is 20.9 Å². The van der Waals surface area contributed by atoms with E-state index in [1.54, 1.807) is 37.4 Å². The number of benzene rings is 2. The molecule has 0 saturated heterocycles. The lowest BCUT2D eigenvalue weighted by Gasteiger charge is -2.10. The zero-order valence-electron chi connectivity index (χ0n) is 11.1. The fourth-order valence-corrected chi connectivity index (χ4v) is 1.83. The fourth-order valence-electron chi connectivity index (χ4n) is 1.83. The number of phenols is 1. The summed E-state index contributed by atoms with van der Waals surface area (Å²) in [6.07, 6.45) is 0. The third-order valence-electron chi connectivity index (χ3n) is 2.87. The first-order valence-electron chi connectivity index (χ1n) is 6.10. The number of hydrogen-bond acceptors (Lipinski definition) is 4. The fraction of sp³-hybridized carbons (Fsp3) is 0.133. The Labute approximate surface area is 117 Å². The van der Waals surface area contributed by atoms with E-state index in [1.807, 2.05) is 0 Å². The lowest BCUT2D eigenvalue weighted by atomic mass is 10.1. The highest BCUT2D eigenvalue weighted by molar-refractivity contribution is 5.94. The Morgan fingerprint density at radius 2 is 1.95 bits per heavy atom. The molecule has 0 fully saturated rings. The number of rotatable bonds is 4. The summed E-state index contributed by atoms with van der Waals surface area (Å²) < 4.78 is 5.21. The van der Waals surface area contributed by atoms with Gasteiger partial charge in [0, 0.05) is 23.4 Å². The molecule has 0 spiro atoms. The summed E-state index contributed by atoms with van der Waals surface area (Å²) in [7, 11) is 1.57. The average molecular weight is 272 g/mol. The molecule has 0 radical (unpaired) electrons. The Hall–Kier alpha value is -2.69. The summed E-state index contributed by atoms with van der Waals surface area (Å²) in [5.74, 6) is 0.568. The SMILES string of the molecule is COc1ccc(N)cc1CNC(=O)c1ccc(O)cc1. The summed E-state index contributed by atoms with van der Waals surface area (Å²) in [6, 6.07) is 11.3. The Bertz CT molecular complexity index is 609. The summed E-state index contributed by atoms with van der Waals surface area (Å²) >= 11 is 0. The van der Waals surface area contributed by atoms with Crippen LogP contribution in [0, 0.1) is 0 Å². The molecular weight excluding hydrogens is 256 g/mol. The van der Waals surface area contributed by atoms with Crippen LogP contribution in [-0.2, 0) is 6.54 Å². The average Bonchev–Trinajstić information content (AvgIpc) is 2.45. The molecule has 2 rings (SSSR count). The van der Waals surface area contributed by atoms with Gasteiger partial charge in [0.25, 0.3) is 5.91 Å². The summed E-state index contributed by atoms with van der Waals surface area (Å²) in [6.45, 7) is 0.313. The quantitative estimate of drug-likeness (QED) is 0.742. The third-order valence-corrected chi connectivity index (χ3v) is 2.87. The number of carbonyl (C=O) groups excluding carboxylic acids is 1. The molecule has 2 aromatic carbocycles. The first-order valence-corrected chi connectivity index (χ1v) is 6.10. The highest BCUT2D eigenvalue weighted by Crippen LogP contribution is 2.21. The minimum atomic E-state index is -0.227. The summed E-state index contributed by atoms with van der Waals surface area (Å²) in [5.41, 5.74) is 7.61. The van der Waals surface area contributed by atoms with Crippen LogP contribution in [0.5, 0.6) is 11.5 Å². The number of aromatic hydroxyl groups is 1. The third kappa shape index (κ3) is 3.20. The summed E-state index contributed by atoms with van der Waals surface area (Å²) in [5, 5.41) is 12.0. The maximum absolute atomic E-state index is 11.9. The second kappa shape index (κ2) is 5.97. The van der Waals surface area contributed by atoms with Gasteiger partial charge in [0.1, 0.15) is 11.5 Å². The van der Waals surface area contributed by atoms with Gasteiger partial charge in [-0.25, -0.2) is 0 Å². The van der Waals surface area contributed by atoms with Crippen molar-refractivity contribution < 1.29 is 14.6 Å². The summed E-state index contributed by atoms with van der Waals surface area (Å²) in [4.78, 5) is 11.9. The molecule has 1 amide bonds. The van der Waals surface area contributed by atoms with Crippen molar-refractivity contribution in [1.29, 1.82) is 0 Å². The number of hydrogen-bond donors (Lipinski definition) is 3. The molecular formula is C15H16N2O3. The molecule has 0 unspecified atom stereocenters. The predicted octanol–water partition coefficient (Wildman–Crippen LogP) is 1.91. The molecule has 0 aliphatic rings. The Morgan fingerprint density at radius 1 is 1.25 bits per heavy atom. The number of methoxy groups -OCH3 is 1. The van der Waals surface area contributed by atoms with Gasteiger partial charge in [-0.15, -0.1) is 0 Å². The van der Waals surface area contributed by atoms with Crippen molar-refractivity contribution in [1.82, 2.24) is 5.32 Å². The minimum Gasteiger partial charge on any atom is -0.508 e. The number of phenolic OH excluding ortho intramolecular Hbond substituents is 1. The number of ether oxygens (including phenoxy) is 1. The van der Waals surface area contributed by atoms with Crippen LogP contribution in [0.3, 0.4) is 0 Å². The highest BCUT2D eigenvalue weighted by Gasteiger charge is 2.08. The number of nitrogens with one attached hydrogen (secondary N) is 1. The van der Waals surface area contributed by atoms with Crippen molar-refractivity contribution in [3.63, 3.8) is 0 Å². The molecule has 20 heavy (non-hydrogen) atoms. The van der Waals surface area contributed by atoms with Gasteiger partial charge in [-0.1, -0.05) is 0 Å². The zero-order valence-corrected chi connectivity index (χ0v) is 11.1. The number of anilines is 1. The van der Waals surface area contributed by atoms with Crippen molar-refractivity contribution >= 4 is 11.6 Å². The molecule has 0 aromatic heterocycles. The van der Waals surface area contributed by atoms with Gasteiger partial charge >= 0.3 is 0 Å². The molecule has 104 valence electrons. The molecule has 0 atom stereocenters. The van der Waals surface area contributed by atoms with E-state index >= 15 is 0 Å². The predicted molar refractivity (Wildman–Crippen MR) is 76.7 cm³/mol. The first kappa shape index (κ1) is 13.7. The Morgan fingerprint density at radius 3 is 2.60 bits per heavy atom. The molecule has 5 nitrogen and oxygen atoms in total. The van der Waals surface area contributed by atoms with E-state index in [9.17, 15) is 9.90 Å². The van der Waals surface area contributed by atoms with E-state index in [1.165, 1.54) is 12.1 Å². The monoisotopic (exact) mass is 272 g/mol. The van der Waals surface area contributed by atoms with Crippen molar-refractivity contribution in [2.24, 2.45) is 0 Å². The lowest BCUT2D eigenvalue weighted by Crippen LogP contribution is -2.23. The molecule has 4 N–H and O–H groups in total. The van der Waals surface area contributed by atoms with Crippen LogP contribution in [0.2, 0.25) is 0 Å². The molecule has 0 heterocycles. The van der Waals surface area contributed by atoms with Gasteiger partial charge in [0.2, 0.25) is 0 Å². The number of amides is 1. The maximum Gasteiger partial charge on any atom is 0.251 e. The second-order valence-electron chi connectivity index (χ2n) is 4.30. The lowest BCUT2D eigenvalue weighted by molar-refractivity contribution is 0.0950. The van der Waals surface area contributed by atoms with Crippen LogP contribution in [0.15, 0.2) is 42.5 Å². The number of nitrogen functional groups attached to an aromatic ring is 1. The van der Waals surface area contributed by atoms with Crippen LogP contribution in [-0.4, -0.2) is 18.1 Å². The van der Waals surface area contributed by atoms with E-state index in [4.69, 9.17) is 10.5 Å². The highest BCUT2D eigenvalue weighted by atomic mass is 16.5. The molecule has 0 aliphatic heterocycles. The zero-order chi connectivity index (χ0) is 14.5. The molecule has 5 heteroatoms.